The van der Waals surface area contributed by atoms with Gasteiger partial charge in [-0.3, -0.25) is 10.1 Å². The van der Waals surface area contributed by atoms with Crippen LogP contribution < -0.4 is 5.32 Å². The molecule has 0 aliphatic heterocycles. The molecular weight excluding hydrogens is 190 g/mol. The van der Waals surface area contributed by atoms with Crippen LogP contribution in [-0.2, 0) is 11.3 Å². The van der Waals surface area contributed by atoms with E-state index in [1.165, 1.54) is 0 Å². The number of aliphatic carboxylic acids is 1. The van der Waals surface area contributed by atoms with Crippen molar-refractivity contribution in [2.45, 2.75) is 19.0 Å². The molecule has 1 aromatic carbocycles. The summed E-state index contributed by atoms with van der Waals surface area (Å²) in [4.78, 5) is 10.8. The lowest BCUT2D eigenvalue weighted by molar-refractivity contribution is -0.139. The highest BCUT2D eigenvalue weighted by Crippen LogP contribution is 1.99. The van der Waals surface area contributed by atoms with Gasteiger partial charge in [0.1, 0.15) is 6.04 Å². The Bertz CT molecular complexity index is 354. The van der Waals surface area contributed by atoms with Crippen LogP contribution in [0.15, 0.2) is 30.3 Å². The minimum atomic E-state index is -0.913. The third-order valence-electron chi connectivity index (χ3n) is 2.02. The molecule has 0 saturated heterocycles. The lowest BCUT2D eigenvalue weighted by atomic mass is 10.2. The SMILES string of the molecule is C#CCC(NCc1ccccc1)C(=O)O. The fourth-order valence-corrected chi connectivity index (χ4v) is 1.20. The zero-order valence-electron chi connectivity index (χ0n) is 8.31. The van der Waals surface area contributed by atoms with Gasteiger partial charge in [-0.1, -0.05) is 30.3 Å². The molecule has 0 aliphatic rings. The average molecular weight is 203 g/mol. The van der Waals surface area contributed by atoms with Crippen molar-refractivity contribution in [2.75, 3.05) is 0 Å². The second kappa shape index (κ2) is 5.84. The molecule has 0 radical (unpaired) electrons. The van der Waals surface area contributed by atoms with Crippen molar-refractivity contribution in [3.8, 4) is 12.3 Å². The van der Waals surface area contributed by atoms with Crippen LogP contribution in [0.1, 0.15) is 12.0 Å². The first kappa shape index (κ1) is 11.3. The van der Waals surface area contributed by atoms with Gasteiger partial charge in [-0.2, -0.15) is 0 Å². The molecule has 0 aromatic heterocycles. The Morgan fingerprint density at radius 3 is 2.67 bits per heavy atom. The van der Waals surface area contributed by atoms with Crippen molar-refractivity contribution < 1.29 is 9.90 Å². The molecule has 1 atom stereocenters. The van der Waals surface area contributed by atoms with E-state index in [0.29, 0.717) is 6.54 Å². The summed E-state index contributed by atoms with van der Waals surface area (Å²) >= 11 is 0. The highest BCUT2D eigenvalue weighted by molar-refractivity contribution is 5.73. The Hall–Kier alpha value is -1.79. The lowest BCUT2D eigenvalue weighted by Gasteiger charge is -2.11. The molecule has 1 unspecified atom stereocenters. The number of terminal acetylenes is 1. The third-order valence-corrected chi connectivity index (χ3v) is 2.02. The summed E-state index contributed by atoms with van der Waals surface area (Å²) in [6.07, 6.45) is 5.28. The number of rotatable bonds is 5. The predicted molar refractivity (Wildman–Crippen MR) is 58.2 cm³/mol. The van der Waals surface area contributed by atoms with Gasteiger partial charge in [0.25, 0.3) is 0 Å². The van der Waals surface area contributed by atoms with Crippen LogP contribution in [0.3, 0.4) is 0 Å². The summed E-state index contributed by atoms with van der Waals surface area (Å²) in [6.45, 7) is 0.513. The molecule has 0 heterocycles. The molecule has 2 N–H and O–H groups in total. The maximum atomic E-state index is 10.8. The quantitative estimate of drug-likeness (QED) is 0.708. The Balaban J connectivity index is 2.48. The van der Waals surface area contributed by atoms with Crippen LogP contribution in [0.25, 0.3) is 0 Å². The van der Waals surface area contributed by atoms with Crippen LogP contribution in [0.5, 0.6) is 0 Å². The van der Waals surface area contributed by atoms with Crippen molar-refractivity contribution in [1.82, 2.24) is 5.32 Å². The first-order valence-corrected chi connectivity index (χ1v) is 4.67. The Morgan fingerprint density at radius 1 is 1.47 bits per heavy atom. The maximum Gasteiger partial charge on any atom is 0.321 e. The van der Waals surface area contributed by atoms with E-state index in [0.717, 1.165) is 5.56 Å². The topological polar surface area (TPSA) is 49.3 Å². The van der Waals surface area contributed by atoms with Gasteiger partial charge in [0.15, 0.2) is 0 Å². The lowest BCUT2D eigenvalue weighted by Crippen LogP contribution is -2.35. The van der Waals surface area contributed by atoms with Gasteiger partial charge in [-0.25, -0.2) is 0 Å². The van der Waals surface area contributed by atoms with Gasteiger partial charge < -0.3 is 5.11 Å². The monoisotopic (exact) mass is 203 g/mol. The molecule has 0 saturated carbocycles. The largest absolute Gasteiger partial charge is 0.480 e. The minimum Gasteiger partial charge on any atom is -0.480 e. The summed E-state index contributed by atoms with van der Waals surface area (Å²) in [6, 6.07) is 8.93. The second-order valence-electron chi connectivity index (χ2n) is 3.17. The summed E-state index contributed by atoms with van der Waals surface area (Å²) in [5, 5.41) is 11.7. The van der Waals surface area contributed by atoms with E-state index in [4.69, 9.17) is 11.5 Å². The molecule has 0 aliphatic carbocycles. The number of nitrogens with one attached hydrogen (secondary N) is 1. The standard InChI is InChI=1S/C12H13NO2/c1-2-6-11(12(14)15)13-9-10-7-4-3-5-8-10/h1,3-5,7-8,11,13H,6,9H2,(H,14,15). The molecule has 0 amide bonds. The molecular formula is C12H13NO2. The van der Waals surface area contributed by atoms with E-state index in [9.17, 15) is 4.79 Å². The van der Waals surface area contributed by atoms with E-state index >= 15 is 0 Å². The van der Waals surface area contributed by atoms with Crippen LogP contribution >= 0.6 is 0 Å². The van der Waals surface area contributed by atoms with Crippen molar-refractivity contribution in [1.29, 1.82) is 0 Å². The molecule has 78 valence electrons. The highest BCUT2D eigenvalue weighted by atomic mass is 16.4. The van der Waals surface area contributed by atoms with Crippen molar-refractivity contribution in [3.63, 3.8) is 0 Å². The number of benzene rings is 1. The van der Waals surface area contributed by atoms with Crippen LogP contribution in [0, 0.1) is 12.3 Å². The number of carboxylic acids is 1. The van der Waals surface area contributed by atoms with Crippen molar-refractivity contribution in [2.24, 2.45) is 0 Å². The van der Waals surface area contributed by atoms with E-state index in [1.807, 2.05) is 30.3 Å². The molecule has 15 heavy (non-hydrogen) atoms. The summed E-state index contributed by atoms with van der Waals surface area (Å²) in [5.41, 5.74) is 1.04. The number of carboxylic acid groups (broad SMARTS) is 1. The van der Waals surface area contributed by atoms with Gasteiger partial charge in [0.05, 0.1) is 0 Å². The average Bonchev–Trinajstić information content (AvgIpc) is 2.25. The Morgan fingerprint density at radius 2 is 2.13 bits per heavy atom. The molecule has 3 nitrogen and oxygen atoms in total. The molecule has 0 fully saturated rings. The van der Waals surface area contributed by atoms with E-state index < -0.39 is 12.0 Å². The van der Waals surface area contributed by atoms with Crippen LogP contribution in [0.4, 0.5) is 0 Å². The van der Waals surface area contributed by atoms with Crippen LogP contribution in [0.2, 0.25) is 0 Å². The Kier molecular flexibility index (Phi) is 4.39. The third kappa shape index (κ3) is 3.84. The molecule has 0 spiro atoms. The summed E-state index contributed by atoms with van der Waals surface area (Å²) < 4.78 is 0. The zero-order valence-corrected chi connectivity index (χ0v) is 8.31. The Labute approximate surface area is 89.1 Å². The fourth-order valence-electron chi connectivity index (χ4n) is 1.20. The number of hydrogen-bond acceptors (Lipinski definition) is 2. The van der Waals surface area contributed by atoms with Gasteiger partial charge in [0, 0.05) is 13.0 Å². The minimum absolute atomic E-state index is 0.197. The molecule has 1 aromatic rings. The summed E-state index contributed by atoms with van der Waals surface area (Å²) in [5.74, 6) is 1.43. The van der Waals surface area contributed by atoms with Crippen molar-refractivity contribution >= 4 is 5.97 Å². The highest BCUT2D eigenvalue weighted by Gasteiger charge is 2.14. The van der Waals surface area contributed by atoms with Gasteiger partial charge in [-0.05, 0) is 5.56 Å². The first-order valence-electron chi connectivity index (χ1n) is 4.67. The summed E-state index contributed by atoms with van der Waals surface area (Å²) in [7, 11) is 0. The zero-order chi connectivity index (χ0) is 11.1. The van der Waals surface area contributed by atoms with E-state index in [-0.39, 0.29) is 6.42 Å². The fraction of sp³-hybridized carbons (Fsp3) is 0.250. The first-order chi connectivity index (χ1) is 7.24. The maximum absolute atomic E-state index is 10.8. The number of hydrogen-bond donors (Lipinski definition) is 2. The predicted octanol–water partition coefficient (Wildman–Crippen LogP) is 1.25. The number of carbonyl (C=O) groups is 1. The molecule has 0 bridgehead atoms. The van der Waals surface area contributed by atoms with Crippen LogP contribution in [-0.4, -0.2) is 17.1 Å². The normalized spacial score (nSPS) is 11.7. The smallest absolute Gasteiger partial charge is 0.321 e. The van der Waals surface area contributed by atoms with Gasteiger partial charge >= 0.3 is 5.97 Å². The van der Waals surface area contributed by atoms with Gasteiger partial charge in [0.2, 0.25) is 0 Å². The molecule has 3 heteroatoms. The van der Waals surface area contributed by atoms with E-state index in [1.54, 1.807) is 0 Å². The van der Waals surface area contributed by atoms with E-state index in [2.05, 4.69) is 11.2 Å². The van der Waals surface area contributed by atoms with Crippen molar-refractivity contribution in [3.05, 3.63) is 35.9 Å². The second-order valence-corrected chi connectivity index (χ2v) is 3.17. The molecule has 1 rings (SSSR count). The van der Waals surface area contributed by atoms with Gasteiger partial charge in [-0.15, -0.1) is 12.3 Å².